The van der Waals surface area contributed by atoms with E-state index < -0.39 is 0 Å². The molecule has 0 fully saturated rings. The predicted octanol–water partition coefficient (Wildman–Crippen LogP) is 2.17. The minimum absolute atomic E-state index is 0.226. The summed E-state index contributed by atoms with van der Waals surface area (Å²) in [5.41, 5.74) is 0.660. The van der Waals surface area contributed by atoms with Crippen molar-refractivity contribution in [1.82, 2.24) is 20.2 Å². The molecule has 86 valence electrons. The molecule has 2 heterocycles. The second-order valence-corrected chi connectivity index (χ2v) is 4.57. The molecule has 0 saturated carbocycles. The minimum atomic E-state index is 0.226. The summed E-state index contributed by atoms with van der Waals surface area (Å²) in [7, 11) is 0. The molecule has 0 aromatic carbocycles. The number of nitrogens with zero attached hydrogens (tertiary/aromatic N) is 3. The van der Waals surface area contributed by atoms with Crippen LogP contribution in [-0.2, 0) is 0 Å². The third-order valence-electron chi connectivity index (χ3n) is 2.10. The first-order valence-corrected chi connectivity index (χ1v) is 6.68. The molecule has 2 N–H and O–H groups in total. The van der Waals surface area contributed by atoms with Gasteiger partial charge in [0, 0.05) is 6.54 Å². The van der Waals surface area contributed by atoms with Crippen LogP contribution in [0, 0.1) is 0 Å². The summed E-state index contributed by atoms with van der Waals surface area (Å²) in [6.45, 7) is 0.870. The number of rotatable bonds is 5. The summed E-state index contributed by atoms with van der Waals surface area (Å²) in [4.78, 5) is 8.18. The Kier molecular flexibility index (Phi) is 3.84. The highest BCUT2D eigenvalue weighted by molar-refractivity contribution is 7.98. The largest absolute Gasteiger partial charge is 0.369 e. The van der Waals surface area contributed by atoms with Gasteiger partial charge in [-0.3, -0.25) is 5.10 Å². The third-order valence-corrected chi connectivity index (χ3v) is 2.97. The highest BCUT2D eigenvalue weighted by Gasteiger charge is 2.07. The number of fused-ring (bicyclic) bond motifs is 1. The van der Waals surface area contributed by atoms with E-state index in [0.29, 0.717) is 5.65 Å². The number of aromatic nitrogens is 4. The Labute approximate surface area is 102 Å². The first-order chi connectivity index (χ1) is 7.81. The van der Waals surface area contributed by atoms with Crippen LogP contribution in [0.3, 0.4) is 0 Å². The zero-order valence-corrected chi connectivity index (χ0v) is 10.4. The lowest BCUT2D eigenvalue weighted by Crippen LogP contribution is -2.05. The number of nitrogens with one attached hydrogen (secondary N) is 2. The minimum Gasteiger partial charge on any atom is -0.369 e. The van der Waals surface area contributed by atoms with Crippen LogP contribution >= 0.6 is 23.4 Å². The van der Waals surface area contributed by atoms with Crippen molar-refractivity contribution < 1.29 is 0 Å². The van der Waals surface area contributed by atoms with E-state index in [2.05, 4.69) is 31.7 Å². The molecule has 0 bridgehead atoms. The summed E-state index contributed by atoms with van der Waals surface area (Å²) in [5.74, 6) is 1.87. The van der Waals surface area contributed by atoms with Crippen molar-refractivity contribution in [3.63, 3.8) is 0 Å². The standard InChI is InChI=1S/C9H12ClN5S/c1-16-4-2-3-11-7-6-5-12-15-8(6)14-9(10)13-7/h5H,2-4H2,1H3,(H2,11,12,13,14,15). The molecular formula is C9H12ClN5S. The highest BCUT2D eigenvalue weighted by atomic mass is 35.5. The average molecular weight is 258 g/mol. The Morgan fingerprint density at radius 3 is 3.19 bits per heavy atom. The van der Waals surface area contributed by atoms with Gasteiger partial charge in [-0.1, -0.05) is 0 Å². The summed E-state index contributed by atoms with van der Waals surface area (Å²) in [6, 6.07) is 0. The molecule has 0 aliphatic rings. The maximum absolute atomic E-state index is 5.81. The molecule has 0 radical (unpaired) electrons. The van der Waals surface area contributed by atoms with Crippen LogP contribution in [0.5, 0.6) is 0 Å². The molecule has 0 atom stereocenters. The summed E-state index contributed by atoms with van der Waals surface area (Å²) >= 11 is 7.63. The summed E-state index contributed by atoms with van der Waals surface area (Å²) in [6.07, 6.45) is 4.88. The topological polar surface area (TPSA) is 66.5 Å². The van der Waals surface area contributed by atoms with E-state index in [4.69, 9.17) is 11.6 Å². The molecular weight excluding hydrogens is 246 g/mol. The van der Waals surface area contributed by atoms with Gasteiger partial charge >= 0.3 is 0 Å². The number of H-pyrrole nitrogens is 1. The van der Waals surface area contributed by atoms with E-state index in [-0.39, 0.29) is 5.28 Å². The van der Waals surface area contributed by atoms with E-state index in [0.717, 1.165) is 29.9 Å². The summed E-state index contributed by atoms with van der Waals surface area (Å²) < 4.78 is 0. The maximum Gasteiger partial charge on any atom is 0.226 e. The third kappa shape index (κ3) is 2.56. The number of aromatic amines is 1. The van der Waals surface area contributed by atoms with E-state index in [1.54, 1.807) is 6.20 Å². The van der Waals surface area contributed by atoms with Gasteiger partial charge in [-0.05, 0) is 30.0 Å². The number of hydrogen-bond acceptors (Lipinski definition) is 5. The second-order valence-electron chi connectivity index (χ2n) is 3.25. The molecule has 7 heteroatoms. The van der Waals surface area contributed by atoms with Crippen LogP contribution in [0.4, 0.5) is 5.82 Å². The molecule has 0 amide bonds. The van der Waals surface area contributed by atoms with Crippen molar-refractivity contribution in [3.05, 3.63) is 11.5 Å². The van der Waals surface area contributed by atoms with Gasteiger partial charge in [0.1, 0.15) is 5.82 Å². The summed E-state index contributed by atoms with van der Waals surface area (Å²) in [5, 5.41) is 11.0. The Bertz CT molecular complexity index is 472. The number of thioether (sulfide) groups is 1. The molecule has 0 spiro atoms. The Hall–Kier alpha value is -1.01. The fraction of sp³-hybridized carbons (Fsp3) is 0.444. The number of hydrogen-bond donors (Lipinski definition) is 2. The molecule has 0 unspecified atom stereocenters. The van der Waals surface area contributed by atoms with Crippen LogP contribution in [0.2, 0.25) is 5.28 Å². The number of halogens is 1. The van der Waals surface area contributed by atoms with Crippen LogP contribution in [-0.4, -0.2) is 38.7 Å². The van der Waals surface area contributed by atoms with Gasteiger partial charge in [-0.15, -0.1) is 0 Å². The van der Waals surface area contributed by atoms with Crippen LogP contribution in [0.25, 0.3) is 11.0 Å². The van der Waals surface area contributed by atoms with Gasteiger partial charge in [-0.2, -0.15) is 26.8 Å². The van der Waals surface area contributed by atoms with Crippen LogP contribution in [0.1, 0.15) is 6.42 Å². The van der Waals surface area contributed by atoms with Crippen LogP contribution in [0.15, 0.2) is 6.20 Å². The second kappa shape index (κ2) is 5.36. The van der Waals surface area contributed by atoms with Gasteiger partial charge in [-0.25, -0.2) is 0 Å². The molecule has 0 aliphatic heterocycles. The molecule has 16 heavy (non-hydrogen) atoms. The molecule has 0 saturated heterocycles. The van der Waals surface area contributed by atoms with Gasteiger partial charge in [0.2, 0.25) is 5.28 Å². The quantitative estimate of drug-likeness (QED) is 0.635. The van der Waals surface area contributed by atoms with Crippen molar-refractivity contribution in [2.24, 2.45) is 0 Å². The van der Waals surface area contributed by atoms with Crippen molar-refractivity contribution >= 4 is 40.2 Å². The van der Waals surface area contributed by atoms with E-state index >= 15 is 0 Å². The van der Waals surface area contributed by atoms with Crippen molar-refractivity contribution in [2.75, 3.05) is 23.9 Å². The van der Waals surface area contributed by atoms with Gasteiger partial charge in [0.15, 0.2) is 5.65 Å². The van der Waals surface area contributed by atoms with Crippen LogP contribution < -0.4 is 5.32 Å². The Morgan fingerprint density at radius 2 is 2.38 bits per heavy atom. The van der Waals surface area contributed by atoms with Crippen molar-refractivity contribution in [1.29, 1.82) is 0 Å². The molecule has 2 rings (SSSR count). The van der Waals surface area contributed by atoms with Gasteiger partial charge in [0.05, 0.1) is 11.6 Å². The first-order valence-electron chi connectivity index (χ1n) is 4.90. The molecule has 0 aliphatic carbocycles. The highest BCUT2D eigenvalue weighted by Crippen LogP contribution is 2.19. The van der Waals surface area contributed by atoms with E-state index in [1.165, 1.54) is 0 Å². The fourth-order valence-corrected chi connectivity index (χ4v) is 1.97. The van der Waals surface area contributed by atoms with Crippen molar-refractivity contribution in [3.8, 4) is 0 Å². The normalized spacial score (nSPS) is 10.9. The van der Waals surface area contributed by atoms with Crippen molar-refractivity contribution in [2.45, 2.75) is 6.42 Å². The lowest BCUT2D eigenvalue weighted by molar-refractivity contribution is 0.982. The maximum atomic E-state index is 5.81. The SMILES string of the molecule is CSCCCNc1nc(Cl)nc2[nH]ncc12. The molecule has 5 nitrogen and oxygen atoms in total. The van der Waals surface area contributed by atoms with E-state index in [9.17, 15) is 0 Å². The lowest BCUT2D eigenvalue weighted by Gasteiger charge is -2.05. The monoisotopic (exact) mass is 257 g/mol. The average Bonchev–Trinajstić information content (AvgIpc) is 2.72. The molecule has 2 aromatic rings. The first kappa shape index (κ1) is 11.5. The zero-order valence-electron chi connectivity index (χ0n) is 8.83. The fourth-order valence-electron chi connectivity index (χ4n) is 1.37. The number of anilines is 1. The van der Waals surface area contributed by atoms with Gasteiger partial charge in [0.25, 0.3) is 0 Å². The Balaban J connectivity index is 2.12. The van der Waals surface area contributed by atoms with E-state index in [1.807, 2.05) is 11.8 Å². The van der Waals surface area contributed by atoms with Gasteiger partial charge < -0.3 is 5.32 Å². The molecule has 2 aromatic heterocycles. The predicted molar refractivity (Wildman–Crippen MR) is 68.2 cm³/mol. The zero-order chi connectivity index (χ0) is 11.4. The Morgan fingerprint density at radius 1 is 1.50 bits per heavy atom. The lowest BCUT2D eigenvalue weighted by atomic mass is 10.4. The smallest absolute Gasteiger partial charge is 0.226 e.